The van der Waals surface area contributed by atoms with Crippen molar-refractivity contribution in [1.29, 1.82) is 0 Å². The smallest absolute Gasteiger partial charge is 0.261 e. The number of nitrogens with zero attached hydrogens (tertiary/aromatic N) is 1. The fraction of sp³-hybridized carbons (Fsp3) is 0.417. The third kappa shape index (κ3) is 7.49. The Labute approximate surface area is 196 Å². The number of carbonyl (C=O) groups is 1. The number of hydrogen-bond acceptors (Lipinski definition) is 4. The van der Waals surface area contributed by atoms with Gasteiger partial charge in [-0.1, -0.05) is 47.6 Å². The van der Waals surface area contributed by atoms with E-state index in [1.807, 2.05) is 0 Å². The van der Waals surface area contributed by atoms with E-state index < -0.39 is 10.0 Å². The minimum Gasteiger partial charge on any atom is -0.370 e. The monoisotopic (exact) mass is 473 g/mol. The summed E-state index contributed by atoms with van der Waals surface area (Å²) in [6, 6.07) is 11.7. The molecule has 33 heavy (non-hydrogen) atoms. The zero-order chi connectivity index (χ0) is 25.0. The molecule has 0 heterocycles. The second-order valence-electron chi connectivity index (χ2n) is 9.99. The van der Waals surface area contributed by atoms with Gasteiger partial charge in [-0.25, -0.2) is 8.42 Å². The van der Waals surface area contributed by atoms with Gasteiger partial charge in [0.25, 0.3) is 15.9 Å². The number of rotatable bonds is 7. The molecule has 1 amide bonds. The van der Waals surface area contributed by atoms with Gasteiger partial charge >= 0.3 is 0 Å². The lowest BCUT2D eigenvalue weighted by atomic mass is 9.81. The summed E-state index contributed by atoms with van der Waals surface area (Å²) in [7, 11) is -3.83. The summed E-state index contributed by atoms with van der Waals surface area (Å²) in [4.78, 5) is 16.2. The average Bonchev–Trinajstić information content (AvgIpc) is 2.69. The fourth-order valence-corrected chi connectivity index (χ4v) is 4.11. The van der Waals surface area contributed by atoms with Gasteiger partial charge in [0.1, 0.15) is 0 Å². The molecule has 0 saturated heterocycles. The highest BCUT2D eigenvalue weighted by Gasteiger charge is 2.24. The van der Waals surface area contributed by atoms with Crippen LogP contribution in [0.2, 0.25) is 0 Å². The van der Waals surface area contributed by atoms with Crippen LogP contribution in [0.1, 0.15) is 63.0 Å². The van der Waals surface area contributed by atoms with Crippen LogP contribution in [0.5, 0.6) is 0 Å². The van der Waals surface area contributed by atoms with E-state index in [4.69, 9.17) is 11.5 Å². The number of carbonyl (C=O) groups excluding carboxylic acids is 1. The number of benzene rings is 2. The van der Waals surface area contributed by atoms with Crippen molar-refractivity contribution in [2.75, 3.05) is 17.8 Å². The number of nitrogens with two attached hydrogens (primary N) is 2. The summed E-state index contributed by atoms with van der Waals surface area (Å²) < 4.78 is 29.0. The number of hydrogen-bond donors (Lipinski definition) is 4. The van der Waals surface area contributed by atoms with Gasteiger partial charge in [-0.3, -0.25) is 14.5 Å². The highest BCUT2D eigenvalue weighted by Crippen LogP contribution is 2.32. The number of guanidine groups is 1. The van der Waals surface area contributed by atoms with E-state index in [2.05, 4.69) is 62.6 Å². The lowest BCUT2D eigenvalue weighted by Gasteiger charge is -2.26. The molecule has 0 unspecified atom stereocenters. The molecule has 0 bridgehead atoms. The number of aliphatic imine (C=N–C) groups is 1. The molecule has 0 aliphatic rings. The quantitative estimate of drug-likeness (QED) is 0.278. The van der Waals surface area contributed by atoms with Crippen molar-refractivity contribution in [2.24, 2.45) is 16.5 Å². The molecule has 0 fully saturated rings. The van der Waals surface area contributed by atoms with Crippen LogP contribution in [-0.2, 0) is 20.9 Å². The molecular weight excluding hydrogens is 438 g/mol. The van der Waals surface area contributed by atoms with E-state index in [-0.39, 0.29) is 40.7 Å². The molecule has 0 radical (unpaired) electrons. The van der Waals surface area contributed by atoms with Crippen LogP contribution in [0.4, 0.5) is 5.69 Å². The molecular formula is C24H35N5O3S. The van der Waals surface area contributed by atoms with Crippen LogP contribution >= 0.6 is 0 Å². The van der Waals surface area contributed by atoms with Crippen LogP contribution in [0.3, 0.4) is 0 Å². The zero-order valence-electron chi connectivity index (χ0n) is 20.2. The van der Waals surface area contributed by atoms with E-state index in [1.54, 1.807) is 36.4 Å². The Balaban J connectivity index is 2.24. The maximum Gasteiger partial charge on any atom is 0.261 e. The first kappa shape index (κ1) is 26.2. The van der Waals surface area contributed by atoms with E-state index in [1.165, 1.54) is 0 Å². The van der Waals surface area contributed by atoms with Gasteiger partial charge < -0.3 is 16.8 Å². The molecule has 6 N–H and O–H groups in total. The van der Waals surface area contributed by atoms with Crippen LogP contribution < -0.4 is 21.5 Å². The number of sulfonamides is 1. The standard InChI is InChI=1S/C24H35N5O3S/c1-23(2,3)17-13-18(24(4,5)6)15-20(14-17)33(31,32)29-19-9-7-16(8-10-19)21(30)27-11-12-28-22(25)26/h7-10,13-15,29H,11-12H2,1-6H3,(H,27,30)(H4,25,26,28). The predicted octanol–water partition coefficient (Wildman–Crippen LogP) is 3.09. The number of amides is 1. The van der Waals surface area contributed by atoms with Crippen molar-refractivity contribution in [3.05, 3.63) is 59.2 Å². The Hall–Kier alpha value is -3.07. The van der Waals surface area contributed by atoms with Crippen LogP contribution in [0.15, 0.2) is 52.4 Å². The molecule has 2 aromatic carbocycles. The molecule has 2 aromatic rings. The zero-order valence-corrected chi connectivity index (χ0v) is 21.0. The maximum atomic E-state index is 13.2. The highest BCUT2D eigenvalue weighted by molar-refractivity contribution is 7.92. The molecule has 0 saturated carbocycles. The topological polar surface area (TPSA) is 140 Å². The minimum absolute atomic E-state index is 0.0384. The molecule has 8 nitrogen and oxygen atoms in total. The molecule has 0 aliphatic carbocycles. The van der Waals surface area contributed by atoms with Crippen molar-refractivity contribution >= 4 is 27.6 Å². The van der Waals surface area contributed by atoms with E-state index in [0.717, 1.165) is 11.1 Å². The van der Waals surface area contributed by atoms with Crippen LogP contribution in [-0.4, -0.2) is 33.4 Å². The van der Waals surface area contributed by atoms with Gasteiger partial charge in [-0.15, -0.1) is 0 Å². The van der Waals surface area contributed by atoms with Crippen molar-refractivity contribution in [2.45, 2.75) is 57.3 Å². The Morgan fingerprint density at radius 1 is 0.909 bits per heavy atom. The molecule has 0 aromatic heterocycles. The fourth-order valence-electron chi connectivity index (χ4n) is 2.98. The maximum absolute atomic E-state index is 13.2. The molecule has 180 valence electrons. The third-order valence-corrected chi connectivity index (χ3v) is 6.40. The molecule has 0 aliphatic heterocycles. The van der Waals surface area contributed by atoms with Crippen molar-refractivity contribution in [3.63, 3.8) is 0 Å². The van der Waals surface area contributed by atoms with Gasteiger partial charge in [0.15, 0.2) is 5.96 Å². The van der Waals surface area contributed by atoms with E-state index in [9.17, 15) is 13.2 Å². The number of nitrogens with one attached hydrogen (secondary N) is 2. The Kier molecular flexibility index (Phi) is 7.79. The van der Waals surface area contributed by atoms with Gasteiger partial charge in [-0.05, 0) is 58.4 Å². The summed E-state index contributed by atoms with van der Waals surface area (Å²) in [5, 5.41) is 2.69. The first-order valence-corrected chi connectivity index (χ1v) is 12.2. The minimum atomic E-state index is -3.83. The molecule has 0 atom stereocenters. The summed E-state index contributed by atoms with van der Waals surface area (Å²) in [6.07, 6.45) is 0. The van der Waals surface area contributed by atoms with Gasteiger partial charge in [0, 0.05) is 17.8 Å². The predicted molar refractivity (Wildman–Crippen MR) is 134 cm³/mol. The van der Waals surface area contributed by atoms with Crippen molar-refractivity contribution in [1.82, 2.24) is 5.32 Å². The van der Waals surface area contributed by atoms with Crippen LogP contribution in [0, 0.1) is 0 Å². The second-order valence-corrected chi connectivity index (χ2v) is 11.7. The molecule has 2 rings (SSSR count). The van der Waals surface area contributed by atoms with E-state index >= 15 is 0 Å². The normalized spacial score (nSPS) is 12.2. The Bertz CT molecular complexity index is 1090. The van der Waals surface area contributed by atoms with Crippen LogP contribution in [0.25, 0.3) is 0 Å². The first-order valence-electron chi connectivity index (χ1n) is 10.7. The molecule has 9 heteroatoms. The van der Waals surface area contributed by atoms with Crippen molar-refractivity contribution in [3.8, 4) is 0 Å². The summed E-state index contributed by atoms with van der Waals surface area (Å²) in [5.74, 6) is -0.341. The second kappa shape index (κ2) is 9.82. The summed E-state index contributed by atoms with van der Waals surface area (Å²) in [6.45, 7) is 12.9. The van der Waals surface area contributed by atoms with Gasteiger partial charge in [0.2, 0.25) is 0 Å². The largest absolute Gasteiger partial charge is 0.370 e. The Morgan fingerprint density at radius 2 is 1.42 bits per heavy atom. The summed E-state index contributed by atoms with van der Waals surface area (Å²) in [5.41, 5.74) is 12.7. The summed E-state index contributed by atoms with van der Waals surface area (Å²) >= 11 is 0. The van der Waals surface area contributed by atoms with E-state index in [0.29, 0.717) is 11.3 Å². The Morgan fingerprint density at radius 3 is 1.88 bits per heavy atom. The molecule has 0 spiro atoms. The van der Waals surface area contributed by atoms with Crippen molar-refractivity contribution < 1.29 is 13.2 Å². The lowest BCUT2D eigenvalue weighted by molar-refractivity contribution is 0.0955. The van der Waals surface area contributed by atoms with Gasteiger partial charge in [0.05, 0.1) is 11.4 Å². The SMILES string of the molecule is CC(C)(C)c1cc(C(C)(C)C)cc(S(=O)(=O)Nc2ccc(C(=O)NCCN=C(N)N)cc2)c1. The third-order valence-electron chi connectivity index (χ3n) is 5.04. The highest BCUT2D eigenvalue weighted by atomic mass is 32.2. The number of anilines is 1. The van der Waals surface area contributed by atoms with Gasteiger partial charge in [-0.2, -0.15) is 0 Å². The average molecular weight is 474 g/mol. The lowest BCUT2D eigenvalue weighted by Crippen LogP contribution is -2.28. The first-order chi connectivity index (χ1) is 15.1.